The van der Waals surface area contributed by atoms with E-state index in [2.05, 4.69) is 0 Å². The highest BCUT2D eigenvalue weighted by atomic mass is 16.8. The molecule has 1 unspecified atom stereocenters. The van der Waals surface area contributed by atoms with Crippen LogP contribution in [0.4, 0.5) is 0 Å². The van der Waals surface area contributed by atoms with Gasteiger partial charge in [-0.15, -0.1) is 0 Å². The van der Waals surface area contributed by atoms with Crippen molar-refractivity contribution in [1.82, 2.24) is 0 Å². The number of ether oxygens (including phenoxy) is 13. The maximum atomic E-state index is 11.7. The van der Waals surface area contributed by atoms with Crippen molar-refractivity contribution in [2.24, 2.45) is 0 Å². The predicted octanol–water partition coefficient (Wildman–Crippen LogP) is -11.8. The second kappa shape index (κ2) is 21.6. The third-order valence-electron chi connectivity index (χ3n) is 12.0. The number of rotatable bonds is 14. The van der Waals surface area contributed by atoms with Gasteiger partial charge in [0, 0.05) is 0 Å². The van der Waals surface area contributed by atoms with Gasteiger partial charge in [-0.25, -0.2) is 0 Å². The standard InChI is InChI=1S/C35H58O29/c36-1-9-16(40)23(47)34(57-9)63-27-13(61-30-21(45)15(39)8(38)3-53-30)6-56-33(26(27)50)62-14-7-55-32(25(49)28(14)64-35-24(48)17(41)10(2-37)58-35)60-12-5-54-31(22(46)19(12)43)59-11-4-52-29(51)20(44)18(11)42/h8-51H,1-7H2/t8-,9+,10+,11-,12-,13-,14-,15+,16+,17+,18+,19+,20-,21-,22-,23-,24-,25-,26-,27+,28+,29?,30+,31+,32+,33+,34+,35+/m1/s1. The van der Waals surface area contributed by atoms with Gasteiger partial charge in [0.05, 0.1) is 46.2 Å². The van der Waals surface area contributed by atoms with E-state index in [9.17, 15) is 81.7 Å². The van der Waals surface area contributed by atoms with Crippen LogP contribution in [-0.2, 0) is 61.6 Å². The minimum Gasteiger partial charge on any atom is -0.394 e. The molecule has 29 nitrogen and oxygen atoms in total. The maximum Gasteiger partial charge on any atom is 0.187 e. The molecule has 7 aliphatic heterocycles. The van der Waals surface area contributed by atoms with E-state index in [-0.39, 0.29) is 0 Å². The molecule has 0 radical (unpaired) electrons. The molecular weight excluding hydrogens is 884 g/mol. The van der Waals surface area contributed by atoms with Crippen LogP contribution in [0.15, 0.2) is 0 Å². The molecule has 7 fully saturated rings. The Kier molecular flexibility index (Phi) is 17.1. The molecule has 0 aromatic carbocycles. The van der Waals surface area contributed by atoms with Crippen LogP contribution < -0.4 is 0 Å². The minimum atomic E-state index is -1.98. The highest BCUT2D eigenvalue weighted by Crippen LogP contribution is 2.35. The highest BCUT2D eigenvalue weighted by Gasteiger charge is 2.55. The largest absolute Gasteiger partial charge is 0.394 e. The number of aliphatic hydroxyl groups is 16. The fourth-order valence-electron chi connectivity index (χ4n) is 8.08. The fourth-order valence-corrected chi connectivity index (χ4v) is 8.08. The first-order chi connectivity index (χ1) is 30.4. The monoisotopic (exact) mass is 942 g/mol. The predicted molar refractivity (Wildman–Crippen MR) is 190 cm³/mol. The van der Waals surface area contributed by atoms with Gasteiger partial charge in [0.25, 0.3) is 0 Å². The Bertz CT molecular complexity index is 1460. The summed E-state index contributed by atoms with van der Waals surface area (Å²) in [5.74, 6) is 0. The SMILES string of the molecule is OC[C@@H]1O[C@@H](O[C@@H]2[C@@H](O)[C@H](O[C@@H]3CO[C@@H](O[C@@H]4CO[C@@H](O[C@@H]5COC(O)[C@H](O)[C@H]5O)[C@H](O)[C@H]4O)[C@H](O)[C@H]3O[C@@H]3O[C@@H](CO)[C@H](O)[C@H]3O)OC[C@H]2O[C@@H]2OC[C@@H](O)[C@H](O)[C@H]2O)[C@H](O)[C@H]1O. The Labute approximate surface area is 361 Å². The normalized spacial score (nSPS) is 54.0. The molecule has 372 valence electrons. The van der Waals surface area contributed by atoms with E-state index in [1.807, 2.05) is 0 Å². The van der Waals surface area contributed by atoms with E-state index in [1.165, 1.54) is 0 Å². The molecule has 0 aromatic rings. The summed E-state index contributed by atoms with van der Waals surface area (Å²) >= 11 is 0. The molecule has 0 bridgehead atoms. The van der Waals surface area contributed by atoms with Gasteiger partial charge in [-0.2, -0.15) is 0 Å². The van der Waals surface area contributed by atoms with Crippen molar-refractivity contribution >= 4 is 0 Å². The summed E-state index contributed by atoms with van der Waals surface area (Å²) in [6.45, 7) is -4.10. The number of hydrogen-bond acceptors (Lipinski definition) is 29. The van der Waals surface area contributed by atoms with Crippen LogP contribution in [0.5, 0.6) is 0 Å². The molecule has 7 aliphatic rings. The Morgan fingerprint density at radius 1 is 0.312 bits per heavy atom. The molecule has 0 amide bonds. The summed E-state index contributed by atoms with van der Waals surface area (Å²) in [6.07, 6.45) is -46.7. The average molecular weight is 943 g/mol. The summed E-state index contributed by atoms with van der Waals surface area (Å²) < 4.78 is 73.0. The molecule has 0 aliphatic carbocycles. The van der Waals surface area contributed by atoms with Crippen molar-refractivity contribution in [2.45, 2.75) is 172 Å². The molecule has 7 rings (SSSR count). The third kappa shape index (κ3) is 10.5. The lowest BCUT2D eigenvalue weighted by molar-refractivity contribution is -0.378. The maximum absolute atomic E-state index is 11.7. The molecular formula is C35H58O29. The smallest absolute Gasteiger partial charge is 0.187 e. The van der Waals surface area contributed by atoms with Crippen LogP contribution in [0.1, 0.15) is 0 Å². The Morgan fingerprint density at radius 2 is 0.656 bits per heavy atom. The van der Waals surface area contributed by atoms with Crippen LogP contribution in [0.3, 0.4) is 0 Å². The highest BCUT2D eigenvalue weighted by molar-refractivity contribution is 4.96. The first-order valence-corrected chi connectivity index (χ1v) is 20.5. The van der Waals surface area contributed by atoms with E-state index in [1.54, 1.807) is 0 Å². The molecule has 0 saturated carbocycles. The Hall–Kier alpha value is -1.16. The lowest BCUT2D eigenvalue weighted by atomic mass is 10.0. The molecule has 0 spiro atoms. The third-order valence-corrected chi connectivity index (χ3v) is 12.0. The molecule has 7 heterocycles. The molecule has 16 N–H and O–H groups in total. The molecule has 7 saturated heterocycles. The van der Waals surface area contributed by atoms with Gasteiger partial charge in [-0.1, -0.05) is 0 Å². The van der Waals surface area contributed by atoms with Crippen molar-refractivity contribution in [1.29, 1.82) is 0 Å². The topological polar surface area (TPSA) is 444 Å². The average Bonchev–Trinajstić information content (AvgIpc) is 3.71. The summed E-state index contributed by atoms with van der Waals surface area (Å²) in [6, 6.07) is 0. The second-order valence-electron chi connectivity index (χ2n) is 16.3. The van der Waals surface area contributed by atoms with Crippen LogP contribution in [-0.4, -0.2) is 300 Å². The van der Waals surface area contributed by atoms with Gasteiger partial charge >= 0.3 is 0 Å². The van der Waals surface area contributed by atoms with Gasteiger partial charge in [-0.05, 0) is 0 Å². The van der Waals surface area contributed by atoms with Crippen molar-refractivity contribution in [3.63, 3.8) is 0 Å². The second-order valence-corrected chi connectivity index (χ2v) is 16.3. The van der Waals surface area contributed by atoms with E-state index in [0.717, 1.165) is 0 Å². The van der Waals surface area contributed by atoms with Gasteiger partial charge < -0.3 is 143 Å². The summed E-state index contributed by atoms with van der Waals surface area (Å²) in [5, 5.41) is 167. The van der Waals surface area contributed by atoms with Crippen molar-refractivity contribution in [3.05, 3.63) is 0 Å². The summed E-state index contributed by atoms with van der Waals surface area (Å²) in [5.41, 5.74) is 0. The lowest BCUT2D eigenvalue weighted by Crippen LogP contribution is -2.64. The molecule has 0 aromatic heterocycles. The van der Waals surface area contributed by atoms with E-state index in [0.29, 0.717) is 0 Å². The summed E-state index contributed by atoms with van der Waals surface area (Å²) in [7, 11) is 0. The van der Waals surface area contributed by atoms with Gasteiger partial charge in [-0.3, -0.25) is 0 Å². The quantitative estimate of drug-likeness (QED) is 0.0769. The summed E-state index contributed by atoms with van der Waals surface area (Å²) in [4.78, 5) is 0. The zero-order chi connectivity index (χ0) is 46.3. The van der Waals surface area contributed by atoms with Crippen LogP contribution >= 0.6 is 0 Å². The zero-order valence-electron chi connectivity index (χ0n) is 33.6. The minimum absolute atomic E-state index is 0.418. The zero-order valence-corrected chi connectivity index (χ0v) is 33.6. The number of aliphatic hydroxyl groups excluding tert-OH is 16. The van der Waals surface area contributed by atoms with Crippen LogP contribution in [0.2, 0.25) is 0 Å². The van der Waals surface area contributed by atoms with Crippen LogP contribution in [0.25, 0.3) is 0 Å². The fraction of sp³-hybridized carbons (Fsp3) is 1.00. The first kappa shape index (κ1) is 50.7. The molecule has 64 heavy (non-hydrogen) atoms. The van der Waals surface area contributed by atoms with Crippen LogP contribution in [0, 0.1) is 0 Å². The van der Waals surface area contributed by atoms with Crippen molar-refractivity contribution < 1.29 is 143 Å². The van der Waals surface area contributed by atoms with Crippen molar-refractivity contribution in [2.75, 3.05) is 46.2 Å². The molecule has 28 atom stereocenters. The van der Waals surface area contributed by atoms with Crippen molar-refractivity contribution in [3.8, 4) is 0 Å². The van der Waals surface area contributed by atoms with E-state index in [4.69, 9.17) is 61.6 Å². The van der Waals surface area contributed by atoms with Gasteiger partial charge in [0.1, 0.15) is 128 Å². The van der Waals surface area contributed by atoms with Gasteiger partial charge in [0.15, 0.2) is 44.0 Å². The van der Waals surface area contributed by atoms with Gasteiger partial charge in [0.2, 0.25) is 0 Å². The number of hydrogen-bond donors (Lipinski definition) is 16. The lowest BCUT2D eigenvalue weighted by Gasteiger charge is -2.47. The Morgan fingerprint density at radius 3 is 1.09 bits per heavy atom. The van der Waals surface area contributed by atoms with E-state index >= 15 is 0 Å². The molecule has 29 heteroatoms. The van der Waals surface area contributed by atoms with E-state index < -0.39 is 218 Å². The first-order valence-electron chi connectivity index (χ1n) is 20.5. The Balaban J connectivity index is 1.05.